The topological polar surface area (TPSA) is 34.4 Å². The van der Waals surface area contributed by atoms with Crippen LogP contribution in [-0.4, -0.2) is 6.54 Å². The molecule has 3 nitrogen and oxygen atoms in total. The first-order valence-electron chi connectivity index (χ1n) is 7.16. The molecule has 0 saturated heterocycles. The summed E-state index contributed by atoms with van der Waals surface area (Å²) in [7, 11) is 0. The van der Waals surface area contributed by atoms with Gasteiger partial charge in [0, 0.05) is 5.56 Å². The molecular formula is C17H23NO2. The van der Waals surface area contributed by atoms with Crippen molar-refractivity contribution in [2.24, 2.45) is 0 Å². The summed E-state index contributed by atoms with van der Waals surface area (Å²) in [5.74, 6) is 1.91. The van der Waals surface area contributed by atoms with Gasteiger partial charge in [0.15, 0.2) is 0 Å². The van der Waals surface area contributed by atoms with Crippen molar-refractivity contribution >= 4 is 0 Å². The first-order valence-corrected chi connectivity index (χ1v) is 7.16. The summed E-state index contributed by atoms with van der Waals surface area (Å²) < 4.78 is 11.6. The first kappa shape index (κ1) is 14.8. The minimum absolute atomic E-state index is 0.0858. The molecule has 0 radical (unpaired) electrons. The third kappa shape index (κ3) is 3.95. The highest BCUT2D eigenvalue weighted by molar-refractivity contribution is 5.21. The fourth-order valence-corrected chi connectivity index (χ4v) is 2.10. The molecule has 0 bridgehead atoms. The van der Waals surface area contributed by atoms with Crippen LogP contribution in [0.25, 0.3) is 0 Å². The van der Waals surface area contributed by atoms with Gasteiger partial charge in [0.25, 0.3) is 0 Å². The molecule has 1 N–H and O–H groups in total. The lowest BCUT2D eigenvalue weighted by Crippen LogP contribution is -2.10. The van der Waals surface area contributed by atoms with Crippen molar-refractivity contribution in [2.45, 2.75) is 40.0 Å². The minimum Gasteiger partial charge on any atom is -0.465 e. The average molecular weight is 273 g/mol. The molecule has 0 aliphatic heterocycles. The van der Waals surface area contributed by atoms with Crippen LogP contribution in [0.15, 0.2) is 40.8 Å². The molecule has 2 rings (SSSR count). The molecule has 108 valence electrons. The Balaban J connectivity index is 1.92. The molecule has 0 amide bonds. The Hall–Kier alpha value is -1.58. The van der Waals surface area contributed by atoms with E-state index in [0.29, 0.717) is 6.61 Å². The van der Waals surface area contributed by atoms with Crippen LogP contribution in [0.3, 0.4) is 0 Å². The van der Waals surface area contributed by atoms with Crippen LogP contribution in [0.2, 0.25) is 0 Å². The van der Waals surface area contributed by atoms with Crippen LogP contribution in [0, 0.1) is 6.92 Å². The number of rotatable bonds is 7. The predicted octanol–water partition coefficient (Wildman–Crippen LogP) is 3.98. The van der Waals surface area contributed by atoms with E-state index < -0.39 is 0 Å². The molecule has 0 saturated carbocycles. The highest BCUT2D eigenvalue weighted by Crippen LogP contribution is 2.21. The maximum Gasteiger partial charge on any atom is 0.118 e. The molecule has 0 spiro atoms. The lowest BCUT2D eigenvalue weighted by atomic mass is 10.1. The largest absolute Gasteiger partial charge is 0.465 e. The van der Waals surface area contributed by atoms with Gasteiger partial charge in [0.05, 0.1) is 19.3 Å². The Morgan fingerprint density at radius 3 is 2.70 bits per heavy atom. The van der Waals surface area contributed by atoms with Crippen LogP contribution in [-0.2, 0) is 17.9 Å². The normalized spacial score (nSPS) is 12.6. The molecule has 1 aromatic heterocycles. The molecule has 2 aromatic rings. The molecule has 0 aliphatic rings. The van der Waals surface area contributed by atoms with E-state index in [0.717, 1.165) is 30.2 Å². The quantitative estimate of drug-likeness (QED) is 0.828. The first-order chi connectivity index (χ1) is 9.70. The van der Waals surface area contributed by atoms with Crippen LogP contribution in [0.1, 0.15) is 42.6 Å². The molecule has 1 atom stereocenters. The van der Waals surface area contributed by atoms with Gasteiger partial charge in [-0.25, -0.2) is 0 Å². The van der Waals surface area contributed by atoms with E-state index in [4.69, 9.17) is 9.15 Å². The van der Waals surface area contributed by atoms with Crippen molar-refractivity contribution < 1.29 is 9.15 Å². The Morgan fingerprint density at radius 1 is 1.25 bits per heavy atom. The monoisotopic (exact) mass is 273 g/mol. The van der Waals surface area contributed by atoms with Gasteiger partial charge in [-0.3, -0.25) is 0 Å². The van der Waals surface area contributed by atoms with Gasteiger partial charge in [0.1, 0.15) is 11.5 Å². The Kier molecular flexibility index (Phi) is 5.39. The minimum atomic E-state index is 0.0858. The highest BCUT2D eigenvalue weighted by atomic mass is 16.5. The van der Waals surface area contributed by atoms with Crippen LogP contribution < -0.4 is 5.32 Å². The second-order valence-electron chi connectivity index (χ2n) is 4.94. The van der Waals surface area contributed by atoms with Gasteiger partial charge in [-0.05, 0) is 32.0 Å². The molecule has 0 fully saturated rings. The summed E-state index contributed by atoms with van der Waals surface area (Å²) in [6, 6.07) is 12.3. The second-order valence-corrected chi connectivity index (χ2v) is 4.94. The van der Waals surface area contributed by atoms with Crippen molar-refractivity contribution in [3.05, 3.63) is 59.0 Å². The maximum atomic E-state index is 5.93. The molecule has 1 aromatic carbocycles. The van der Waals surface area contributed by atoms with Crippen LogP contribution >= 0.6 is 0 Å². The fourth-order valence-electron chi connectivity index (χ4n) is 2.10. The SMILES string of the molecule is CCNCc1cc(COC(C)c2ccccc2)c(C)o1. The van der Waals surface area contributed by atoms with Gasteiger partial charge in [-0.1, -0.05) is 37.3 Å². The summed E-state index contributed by atoms with van der Waals surface area (Å²) in [5.41, 5.74) is 2.32. The summed E-state index contributed by atoms with van der Waals surface area (Å²) >= 11 is 0. The molecule has 3 heteroatoms. The molecular weight excluding hydrogens is 250 g/mol. The number of benzene rings is 1. The zero-order valence-electron chi connectivity index (χ0n) is 12.5. The Labute approximate surface area is 121 Å². The number of furan rings is 1. The Bertz CT molecular complexity index is 519. The summed E-state index contributed by atoms with van der Waals surface area (Å²) in [4.78, 5) is 0. The van der Waals surface area contributed by atoms with Crippen molar-refractivity contribution in [2.75, 3.05) is 6.54 Å². The van der Waals surface area contributed by atoms with E-state index >= 15 is 0 Å². The molecule has 20 heavy (non-hydrogen) atoms. The number of hydrogen-bond donors (Lipinski definition) is 1. The van der Waals surface area contributed by atoms with Crippen LogP contribution in [0.5, 0.6) is 0 Å². The predicted molar refractivity (Wildman–Crippen MR) is 80.5 cm³/mol. The van der Waals surface area contributed by atoms with Gasteiger partial charge in [-0.2, -0.15) is 0 Å². The van der Waals surface area contributed by atoms with E-state index in [2.05, 4.69) is 37.4 Å². The van der Waals surface area contributed by atoms with Crippen molar-refractivity contribution in [1.82, 2.24) is 5.32 Å². The van der Waals surface area contributed by atoms with E-state index in [-0.39, 0.29) is 6.10 Å². The van der Waals surface area contributed by atoms with Gasteiger partial charge < -0.3 is 14.5 Å². The maximum absolute atomic E-state index is 5.93. The fraction of sp³-hybridized carbons (Fsp3) is 0.412. The van der Waals surface area contributed by atoms with E-state index in [1.807, 2.05) is 25.1 Å². The van der Waals surface area contributed by atoms with Crippen molar-refractivity contribution in [3.8, 4) is 0 Å². The lowest BCUT2D eigenvalue weighted by Gasteiger charge is -2.12. The summed E-state index contributed by atoms with van der Waals surface area (Å²) in [6.07, 6.45) is 0.0858. The third-order valence-electron chi connectivity index (χ3n) is 3.38. The molecule has 1 heterocycles. The third-order valence-corrected chi connectivity index (χ3v) is 3.38. The van der Waals surface area contributed by atoms with E-state index in [9.17, 15) is 0 Å². The number of nitrogens with one attached hydrogen (secondary N) is 1. The summed E-state index contributed by atoms with van der Waals surface area (Å²) in [5, 5.41) is 3.26. The van der Waals surface area contributed by atoms with Gasteiger partial charge in [0.2, 0.25) is 0 Å². The Morgan fingerprint density at radius 2 is 2.00 bits per heavy atom. The summed E-state index contributed by atoms with van der Waals surface area (Å²) in [6.45, 7) is 8.44. The van der Waals surface area contributed by atoms with Gasteiger partial charge >= 0.3 is 0 Å². The number of hydrogen-bond acceptors (Lipinski definition) is 3. The second kappa shape index (κ2) is 7.27. The molecule has 1 unspecified atom stereocenters. The van der Waals surface area contributed by atoms with Gasteiger partial charge in [-0.15, -0.1) is 0 Å². The zero-order chi connectivity index (χ0) is 14.4. The van der Waals surface area contributed by atoms with E-state index in [1.54, 1.807) is 0 Å². The van der Waals surface area contributed by atoms with Crippen molar-refractivity contribution in [3.63, 3.8) is 0 Å². The lowest BCUT2D eigenvalue weighted by molar-refractivity contribution is 0.0519. The number of ether oxygens (including phenoxy) is 1. The van der Waals surface area contributed by atoms with Crippen LogP contribution in [0.4, 0.5) is 0 Å². The molecule has 0 aliphatic carbocycles. The number of aryl methyl sites for hydroxylation is 1. The smallest absolute Gasteiger partial charge is 0.118 e. The zero-order valence-corrected chi connectivity index (χ0v) is 12.5. The standard InChI is InChI=1S/C17H23NO2/c1-4-18-11-17-10-16(14(3)20-17)12-19-13(2)15-8-6-5-7-9-15/h5-10,13,18H,4,11-12H2,1-3H3. The average Bonchev–Trinajstić information content (AvgIpc) is 2.83. The van der Waals surface area contributed by atoms with Crippen molar-refractivity contribution in [1.29, 1.82) is 0 Å². The van der Waals surface area contributed by atoms with E-state index in [1.165, 1.54) is 5.56 Å². The highest BCUT2D eigenvalue weighted by Gasteiger charge is 2.10.